The maximum Gasteiger partial charge on any atom is 0.199 e. The Morgan fingerprint density at radius 1 is 1.05 bits per heavy atom. The number of hydrogen-bond acceptors (Lipinski definition) is 2. The van der Waals surface area contributed by atoms with E-state index in [4.69, 9.17) is 27.6 Å². The molecular weight excluding hydrogens is 300 g/mol. The van der Waals surface area contributed by atoms with Gasteiger partial charge in [-0.3, -0.25) is 0 Å². The van der Waals surface area contributed by atoms with E-state index in [1.54, 1.807) is 12.1 Å². The lowest BCUT2D eigenvalue weighted by Gasteiger charge is -2.08. The molecule has 0 spiro atoms. The first-order chi connectivity index (χ1) is 9.66. The standard InChI is InChI=1S/C15H10Cl2FNO/c16-11-5-3-6-12(18)14(11)19-8-10-9-4-1-2-7-13(9)20-15(10)17/h1-7,19H,8H2. The smallest absolute Gasteiger partial charge is 0.199 e. The summed E-state index contributed by atoms with van der Waals surface area (Å²) in [7, 11) is 0. The minimum Gasteiger partial charge on any atom is -0.444 e. The number of benzene rings is 2. The lowest BCUT2D eigenvalue weighted by Crippen LogP contribution is -2.02. The predicted octanol–water partition coefficient (Wildman–Crippen LogP) is 5.49. The van der Waals surface area contributed by atoms with Crippen molar-refractivity contribution in [2.24, 2.45) is 0 Å². The van der Waals surface area contributed by atoms with Crippen molar-refractivity contribution in [3.8, 4) is 0 Å². The maximum absolute atomic E-state index is 13.7. The number of anilines is 1. The number of para-hydroxylation sites is 2. The Hall–Kier alpha value is -1.71. The summed E-state index contributed by atoms with van der Waals surface area (Å²) in [5.74, 6) is -0.401. The van der Waals surface area contributed by atoms with Crippen molar-refractivity contribution in [3.05, 3.63) is 64.1 Å². The monoisotopic (exact) mass is 309 g/mol. The number of furan rings is 1. The quantitative estimate of drug-likeness (QED) is 0.692. The van der Waals surface area contributed by atoms with Crippen LogP contribution in [0.5, 0.6) is 0 Å². The molecule has 0 fully saturated rings. The van der Waals surface area contributed by atoms with Gasteiger partial charge in [-0.15, -0.1) is 0 Å². The lowest BCUT2D eigenvalue weighted by molar-refractivity contribution is 0.612. The Kier molecular flexibility index (Phi) is 3.55. The van der Waals surface area contributed by atoms with Crippen molar-refractivity contribution in [2.45, 2.75) is 6.54 Å². The van der Waals surface area contributed by atoms with Gasteiger partial charge < -0.3 is 9.73 Å². The third kappa shape index (κ3) is 2.35. The summed E-state index contributed by atoms with van der Waals surface area (Å²) in [6.07, 6.45) is 0. The van der Waals surface area contributed by atoms with Crippen LogP contribution in [0.3, 0.4) is 0 Å². The summed E-state index contributed by atoms with van der Waals surface area (Å²) in [6, 6.07) is 12.0. The highest BCUT2D eigenvalue weighted by atomic mass is 35.5. The van der Waals surface area contributed by atoms with Crippen LogP contribution in [0.15, 0.2) is 46.9 Å². The second-order valence-electron chi connectivity index (χ2n) is 4.30. The number of rotatable bonds is 3. The summed E-state index contributed by atoms with van der Waals surface area (Å²) in [4.78, 5) is 0. The average Bonchev–Trinajstić information content (AvgIpc) is 2.74. The fourth-order valence-corrected chi connectivity index (χ4v) is 2.56. The van der Waals surface area contributed by atoms with Crippen molar-refractivity contribution in [3.63, 3.8) is 0 Å². The van der Waals surface area contributed by atoms with Crippen LogP contribution in [0.2, 0.25) is 10.2 Å². The maximum atomic E-state index is 13.7. The SMILES string of the molecule is Fc1cccc(Cl)c1NCc1c(Cl)oc2ccccc12. The van der Waals surface area contributed by atoms with E-state index in [0.29, 0.717) is 22.4 Å². The molecule has 1 heterocycles. The molecule has 20 heavy (non-hydrogen) atoms. The Morgan fingerprint density at radius 2 is 1.85 bits per heavy atom. The van der Waals surface area contributed by atoms with Gasteiger partial charge in [0.05, 0.1) is 10.7 Å². The zero-order valence-corrected chi connectivity index (χ0v) is 11.8. The average molecular weight is 310 g/mol. The Morgan fingerprint density at radius 3 is 2.65 bits per heavy atom. The first kappa shape index (κ1) is 13.3. The Balaban J connectivity index is 1.93. The predicted molar refractivity (Wildman–Crippen MR) is 80.0 cm³/mol. The summed E-state index contributed by atoms with van der Waals surface area (Å²) >= 11 is 12.0. The molecule has 0 unspecified atom stereocenters. The van der Waals surface area contributed by atoms with E-state index in [1.165, 1.54) is 6.07 Å². The van der Waals surface area contributed by atoms with Gasteiger partial charge in [0.1, 0.15) is 11.4 Å². The third-order valence-electron chi connectivity index (χ3n) is 3.05. The molecule has 3 aromatic rings. The van der Waals surface area contributed by atoms with E-state index < -0.39 is 5.82 Å². The van der Waals surface area contributed by atoms with Gasteiger partial charge in [-0.2, -0.15) is 0 Å². The molecular formula is C15H10Cl2FNO. The van der Waals surface area contributed by atoms with Gasteiger partial charge in [0, 0.05) is 17.5 Å². The van der Waals surface area contributed by atoms with Gasteiger partial charge >= 0.3 is 0 Å². The van der Waals surface area contributed by atoms with Gasteiger partial charge in [0.25, 0.3) is 0 Å². The first-order valence-electron chi connectivity index (χ1n) is 6.00. The third-order valence-corrected chi connectivity index (χ3v) is 3.67. The molecule has 3 rings (SSSR count). The van der Waals surface area contributed by atoms with E-state index in [0.717, 1.165) is 10.9 Å². The minimum absolute atomic E-state index is 0.260. The molecule has 0 bridgehead atoms. The lowest BCUT2D eigenvalue weighted by atomic mass is 10.1. The molecule has 102 valence electrons. The molecule has 0 amide bonds. The molecule has 0 aliphatic rings. The van der Waals surface area contributed by atoms with E-state index in [9.17, 15) is 4.39 Å². The molecule has 1 aromatic heterocycles. The molecule has 2 aromatic carbocycles. The van der Waals surface area contributed by atoms with Crippen LogP contribution >= 0.6 is 23.2 Å². The van der Waals surface area contributed by atoms with Crippen molar-refractivity contribution in [1.29, 1.82) is 0 Å². The highest BCUT2D eigenvalue weighted by molar-refractivity contribution is 6.33. The van der Waals surface area contributed by atoms with E-state index in [-0.39, 0.29) is 5.69 Å². The van der Waals surface area contributed by atoms with Gasteiger partial charge in [-0.25, -0.2) is 4.39 Å². The fourth-order valence-electron chi connectivity index (χ4n) is 2.08. The van der Waals surface area contributed by atoms with Crippen molar-refractivity contribution in [2.75, 3.05) is 5.32 Å². The summed E-state index contributed by atoms with van der Waals surface area (Å²) < 4.78 is 19.1. The Labute approximate surface area is 125 Å². The minimum atomic E-state index is -0.401. The topological polar surface area (TPSA) is 25.2 Å². The number of hydrogen-bond donors (Lipinski definition) is 1. The van der Waals surface area contributed by atoms with Crippen molar-refractivity contribution in [1.82, 2.24) is 0 Å². The van der Waals surface area contributed by atoms with Crippen LogP contribution in [0.4, 0.5) is 10.1 Å². The van der Waals surface area contributed by atoms with Gasteiger partial charge in [-0.1, -0.05) is 35.9 Å². The normalized spacial score (nSPS) is 10.9. The van der Waals surface area contributed by atoms with Crippen LogP contribution < -0.4 is 5.32 Å². The van der Waals surface area contributed by atoms with Crippen LogP contribution in [0.1, 0.15) is 5.56 Å². The van der Waals surface area contributed by atoms with Crippen LogP contribution in [-0.4, -0.2) is 0 Å². The number of nitrogens with one attached hydrogen (secondary N) is 1. The van der Waals surface area contributed by atoms with Crippen molar-refractivity contribution >= 4 is 39.9 Å². The second-order valence-corrected chi connectivity index (χ2v) is 5.05. The molecule has 1 N–H and O–H groups in total. The molecule has 2 nitrogen and oxygen atoms in total. The zero-order chi connectivity index (χ0) is 14.1. The fraction of sp³-hybridized carbons (Fsp3) is 0.0667. The largest absolute Gasteiger partial charge is 0.444 e. The van der Waals surface area contributed by atoms with E-state index in [1.807, 2.05) is 24.3 Å². The second kappa shape index (κ2) is 5.35. The van der Waals surface area contributed by atoms with E-state index in [2.05, 4.69) is 5.32 Å². The van der Waals surface area contributed by atoms with Gasteiger partial charge in [0.2, 0.25) is 0 Å². The molecule has 0 saturated carbocycles. The summed E-state index contributed by atoms with van der Waals surface area (Å²) in [5, 5.41) is 4.49. The molecule has 0 saturated heterocycles. The first-order valence-corrected chi connectivity index (χ1v) is 6.76. The van der Waals surface area contributed by atoms with Crippen LogP contribution in [0.25, 0.3) is 11.0 Å². The molecule has 5 heteroatoms. The number of halogens is 3. The van der Waals surface area contributed by atoms with Crippen molar-refractivity contribution < 1.29 is 8.81 Å². The van der Waals surface area contributed by atoms with Crippen LogP contribution in [0, 0.1) is 5.82 Å². The summed E-state index contributed by atoms with van der Waals surface area (Å²) in [6.45, 7) is 0.330. The molecule has 0 atom stereocenters. The van der Waals surface area contributed by atoms with Gasteiger partial charge in [0.15, 0.2) is 5.22 Å². The Bertz CT molecular complexity index is 749. The summed E-state index contributed by atoms with van der Waals surface area (Å²) in [5.41, 5.74) is 1.74. The highest BCUT2D eigenvalue weighted by Crippen LogP contribution is 2.31. The van der Waals surface area contributed by atoms with Gasteiger partial charge in [-0.05, 0) is 29.8 Å². The zero-order valence-electron chi connectivity index (χ0n) is 10.3. The molecule has 0 radical (unpaired) electrons. The molecule has 0 aliphatic heterocycles. The number of fused-ring (bicyclic) bond motifs is 1. The van der Waals surface area contributed by atoms with Crippen LogP contribution in [-0.2, 0) is 6.54 Å². The highest BCUT2D eigenvalue weighted by Gasteiger charge is 2.13. The molecule has 0 aliphatic carbocycles. The van der Waals surface area contributed by atoms with E-state index >= 15 is 0 Å².